The standard InChI is InChI=1S/C12H22N2O2/c1-2-3-9-16-11(15)14-8-6-12(14)5-4-7-13-10-12/h13H,2-10H2,1H3. The number of likely N-dealkylation sites (tertiary alicyclic amines) is 1. The summed E-state index contributed by atoms with van der Waals surface area (Å²) in [4.78, 5) is 13.8. The van der Waals surface area contributed by atoms with Gasteiger partial charge in [0.2, 0.25) is 0 Å². The van der Waals surface area contributed by atoms with E-state index in [1.54, 1.807) is 0 Å². The first kappa shape index (κ1) is 11.7. The normalized spacial score (nSPS) is 28.9. The lowest BCUT2D eigenvalue weighted by Crippen LogP contribution is -2.68. The summed E-state index contributed by atoms with van der Waals surface area (Å²) < 4.78 is 5.27. The van der Waals surface area contributed by atoms with Crippen molar-refractivity contribution in [2.75, 3.05) is 26.2 Å². The Hall–Kier alpha value is -0.770. The van der Waals surface area contributed by atoms with Gasteiger partial charge in [0.1, 0.15) is 0 Å². The topological polar surface area (TPSA) is 41.6 Å². The zero-order valence-corrected chi connectivity index (χ0v) is 10.1. The summed E-state index contributed by atoms with van der Waals surface area (Å²) in [6.45, 7) is 5.56. The quantitative estimate of drug-likeness (QED) is 0.745. The molecule has 2 fully saturated rings. The van der Waals surface area contributed by atoms with Crippen molar-refractivity contribution in [3.63, 3.8) is 0 Å². The van der Waals surface area contributed by atoms with Gasteiger partial charge in [-0.3, -0.25) is 0 Å². The highest BCUT2D eigenvalue weighted by Gasteiger charge is 2.48. The summed E-state index contributed by atoms with van der Waals surface area (Å²) >= 11 is 0. The first-order chi connectivity index (χ1) is 7.78. The van der Waals surface area contributed by atoms with E-state index in [9.17, 15) is 4.79 Å². The number of ether oxygens (including phenoxy) is 1. The van der Waals surface area contributed by atoms with Gasteiger partial charge in [-0.15, -0.1) is 0 Å². The Balaban J connectivity index is 1.82. The molecule has 0 aromatic heterocycles. The molecular formula is C12H22N2O2. The predicted octanol–water partition coefficient (Wildman–Crippen LogP) is 1.75. The lowest BCUT2D eigenvalue weighted by molar-refractivity contribution is -0.0278. The van der Waals surface area contributed by atoms with Crippen LogP contribution >= 0.6 is 0 Å². The Morgan fingerprint density at radius 1 is 1.50 bits per heavy atom. The first-order valence-electron chi connectivity index (χ1n) is 6.44. The molecule has 2 heterocycles. The zero-order chi connectivity index (χ0) is 11.4. The summed E-state index contributed by atoms with van der Waals surface area (Å²) in [5, 5.41) is 3.38. The fourth-order valence-corrected chi connectivity index (χ4v) is 2.60. The van der Waals surface area contributed by atoms with Crippen LogP contribution in [0.3, 0.4) is 0 Å². The number of nitrogens with one attached hydrogen (secondary N) is 1. The van der Waals surface area contributed by atoms with Gasteiger partial charge in [0.25, 0.3) is 0 Å². The molecule has 1 atom stereocenters. The third kappa shape index (κ3) is 2.17. The van der Waals surface area contributed by atoms with Gasteiger partial charge in [0, 0.05) is 13.1 Å². The Morgan fingerprint density at radius 3 is 2.94 bits per heavy atom. The van der Waals surface area contributed by atoms with Crippen LogP contribution < -0.4 is 5.32 Å². The van der Waals surface area contributed by atoms with Crippen molar-refractivity contribution in [2.24, 2.45) is 0 Å². The molecule has 0 aromatic carbocycles. The van der Waals surface area contributed by atoms with E-state index in [1.165, 1.54) is 6.42 Å². The number of piperidine rings is 1. The van der Waals surface area contributed by atoms with E-state index in [-0.39, 0.29) is 11.6 Å². The molecule has 1 spiro atoms. The lowest BCUT2D eigenvalue weighted by Gasteiger charge is -2.54. The highest BCUT2D eigenvalue weighted by atomic mass is 16.6. The lowest BCUT2D eigenvalue weighted by atomic mass is 9.79. The molecular weight excluding hydrogens is 204 g/mol. The van der Waals surface area contributed by atoms with Crippen molar-refractivity contribution < 1.29 is 9.53 Å². The monoisotopic (exact) mass is 226 g/mol. The third-order valence-corrected chi connectivity index (χ3v) is 3.77. The maximum atomic E-state index is 11.8. The van der Waals surface area contributed by atoms with Crippen LogP contribution in [0.5, 0.6) is 0 Å². The Labute approximate surface area is 97.3 Å². The summed E-state index contributed by atoms with van der Waals surface area (Å²) in [7, 11) is 0. The maximum absolute atomic E-state index is 11.8. The Kier molecular flexibility index (Phi) is 3.69. The molecule has 0 aliphatic carbocycles. The van der Waals surface area contributed by atoms with Crippen molar-refractivity contribution in [3.8, 4) is 0 Å². The minimum atomic E-state index is -0.108. The third-order valence-electron chi connectivity index (χ3n) is 3.77. The first-order valence-corrected chi connectivity index (χ1v) is 6.44. The molecule has 2 aliphatic rings. The fraction of sp³-hybridized carbons (Fsp3) is 0.917. The minimum absolute atomic E-state index is 0.0849. The molecule has 0 aromatic rings. The number of hydrogen-bond acceptors (Lipinski definition) is 3. The second-order valence-electron chi connectivity index (χ2n) is 4.87. The molecule has 0 bridgehead atoms. The fourth-order valence-electron chi connectivity index (χ4n) is 2.60. The van der Waals surface area contributed by atoms with E-state index in [2.05, 4.69) is 12.2 Å². The van der Waals surface area contributed by atoms with Crippen LogP contribution in [-0.2, 0) is 4.74 Å². The van der Waals surface area contributed by atoms with Gasteiger partial charge in [0.05, 0.1) is 12.1 Å². The molecule has 1 amide bonds. The molecule has 1 N–H and O–H groups in total. The highest BCUT2D eigenvalue weighted by Crippen LogP contribution is 2.36. The van der Waals surface area contributed by atoms with Crippen LogP contribution in [0.15, 0.2) is 0 Å². The van der Waals surface area contributed by atoms with Gasteiger partial charge in [-0.25, -0.2) is 4.79 Å². The molecule has 4 nitrogen and oxygen atoms in total. The predicted molar refractivity (Wildman–Crippen MR) is 62.4 cm³/mol. The van der Waals surface area contributed by atoms with E-state index in [1.807, 2.05) is 4.90 Å². The number of rotatable bonds is 3. The molecule has 92 valence electrons. The molecule has 16 heavy (non-hydrogen) atoms. The molecule has 2 saturated heterocycles. The minimum Gasteiger partial charge on any atom is -0.449 e. The van der Waals surface area contributed by atoms with Gasteiger partial charge in [0.15, 0.2) is 0 Å². The van der Waals surface area contributed by atoms with Crippen LogP contribution in [0.4, 0.5) is 4.79 Å². The molecule has 1 unspecified atom stereocenters. The van der Waals surface area contributed by atoms with Gasteiger partial charge < -0.3 is 15.0 Å². The smallest absolute Gasteiger partial charge is 0.410 e. The summed E-state index contributed by atoms with van der Waals surface area (Å²) in [5.74, 6) is 0. The zero-order valence-electron chi connectivity index (χ0n) is 10.1. The van der Waals surface area contributed by atoms with Crippen molar-refractivity contribution in [1.29, 1.82) is 0 Å². The number of hydrogen-bond donors (Lipinski definition) is 1. The Bertz CT molecular complexity index is 249. The van der Waals surface area contributed by atoms with Crippen LogP contribution in [0.25, 0.3) is 0 Å². The van der Waals surface area contributed by atoms with Gasteiger partial charge in [-0.05, 0) is 32.2 Å². The van der Waals surface area contributed by atoms with E-state index in [0.717, 1.165) is 45.3 Å². The van der Waals surface area contributed by atoms with Crippen molar-refractivity contribution in [3.05, 3.63) is 0 Å². The number of carbonyl (C=O) groups excluding carboxylic acids is 1. The molecule has 2 aliphatic heterocycles. The second kappa shape index (κ2) is 5.04. The largest absolute Gasteiger partial charge is 0.449 e. The molecule has 4 heteroatoms. The average Bonchev–Trinajstić information content (AvgIpc) is 2.29. The number of amides is 1. The maximum Gasteiger partial charge on any atom is 0.410 e. The number of unbranched alkanes of at least 4 members (excludes halogenated alkanes) is 1. The second-order valence-corrected chi connectivity index (χ2v) is 4.87. The molecule has 0 radical (unpaired) electrons. The molecule has 0 saturated carbocycles. The van der Waals surface area contributed by atoms with E-state index in [4.69, 9.17) is 4.74 Å². The summed E-state index contributed by atoms with van der Waals surface area (Å²) in [5.41, 5.74) is 0.0849. The van der Waals surface area contributed by atoms with Crippen molar-refractivity contribution in [2.45, 2.75) is 44.6 Å². The van der Waals surface area contributed by atoms with E-state index in [0.29, 0.717) is 6.61 Å². The summed E-state index contributed by atoms with van der Waals surface area (Å²) in [6.07, 6.45) is 5.35. The van der Waals surface area contributed by atoms with Crippen LogP contribution in [-0.4, -0.2) is 42.8 Å². The van der Waals surface area contributed by atoms with Gasteiger partial charge in [-0.2, -0.15) is 0 Å². The highest BCUT2D eigenvalue weighted by molar-refractivity contribution is 5.70. The van der Waals surface area contributed by atoms with Gasteiger partial charge >= 0.3 is 6.09 Å². The van der Waals surface area contributed by atoms with Crippen LogP contribution in [0.1, 0.15) is 39.0 Å². The van der Waals surface area contributed by atoms with Gasteiger partial charge in [-0.1, -0.05) is 13.3 Å². The van der Waals surface area contributed by atoms with E-state index < -0.39 is 0 Å². The van der Waals surface area contributed by atoms with Crippen molar-refractivity contribution >= 4 is 6.09 Å². The SMILES string of the molecule is CCCCOC(=O)N1CCC12CCCNC2. The average molecular weight is 226 g/mol. The van der Waals surface area contributed by atoms with E-state index >= 15 is 0 Å². The van der Waals surface area contributed by atoms with Crippen LogP contribution in [0, 0.1) is 0 Å². The number of nitrogens with zero attached hydrogens (tertiary/aromatic N) is 1. The molecule has 2 rings (SSSR count). The Morgan fingerprint density at radius 2 is 2.38 bits per heavy atom. The summed E-state index contributed by atoms with van der Waals surface area (Å²) in [6, 6.07) is 0. The number of carbonyl (C=O) groups is 1. The van der Waals surface area contributed by atoms with Crippen molar-refractivity contribution in [1.82, 2.24) is 10.2 Å². The van der Waals surface area contributed by atoms with Crippen LogP contribution in [0.2, 0.25) is 0 Å².